The number of rotatable bonds is 11. The van der Waals surface area contributed by atoms with Gasteiger partial charge in [0.15, 0.2) is 0 Å². The summed E-state index contributed by atoms with van der Waals surface area (Å²) < 4.78 is 26.3. The molecule has 0 saturated heterocycles. The quantitative estimate of drug-likeness (QED) is 0.569. The first-order valence-electron chi connectivity index (χ1n) is 7.02. The molecule has 0 aromatic carbocycles. The average molecular weight is 278 g/mol. The summed E-state index contributed by atoms with van der Waals surface area (Å²) >= 11 is 0. The molecule has 0 rings (SSSR count). The summed E-state index contributed by atoms with van der Waals surface area (Å²) in [5.74, 6) is 0.929. The SMILES string of the molecule is CNCCCCS(=O)(=O)NC(C)CCCC(C)C. The average Bonchev–Trinajstić information content (AvgIpc) is 2.23. The minimum absolute atomic E-state index is 0.0538. The largest absolute Gasteiger partial charge is 0.320 e. The fraction of sp³-hybridized carbons (Fsp3) is 1.00. The Bertz CT molecular complexity index is 289. The van der Waals surface area contributed by atoms with Gasteiger partial charge in [0.05, 0.1) is 5.75 Å². The van der Waals surface area contributed by atoms with Crippen molar-refractivity contribution in [2.45, 2.75) is 58.9 Å². The first-order chi connectivity index (χ1) is 8.37. The summed E-state index contributed by atoms with van der Waals surface area (Å²) in [6.07, 6.45) is 4.79. The van der Waals surface area contributed by atoms with E-state index in [0.717, 1.165) is 38.6 Å². The van der Waals surface area contributed by atoms with Crippen LogP contribution in [0.2, 0.25) is 0 Å². The molecule has 0 saturated carbocycles. The van der Waals surface area contributed by atoms with Gasteiger partial charge >= 0.3 is 0 Å². The predicted octanol–water partition coefficient (Wildman–Crippen LogP) is 2.12. The lowest BCUT2D eigenvalue weighted by Gasteiger charge is -2.14. The summed E-state index contributed by atoms with van der Waals surface area (Å²) in [6.45, 7) is 7.21. The highest BCUT2D eigenvalue weighted by molar-refractivity contribution is 7.89. The lowest BCUT2D eigenvalue weighted by Crippen LogP contribution is -2.34. The molecule has 4 nitrogen and oxygen atoms in total. The Balaban J connectivity index is 3.78. The van der Waals surface area contributed by atoms with Crippen LogP contribution in [0, 0.1) is 5.92 Å². The number of nitrogens with one attached hydrogen (secondary N) is 2. The molecule has 0 aromatic rings. The molecule has 2 N–H and O–H groups in total. The Morgan fingerprint density at radius 1 is 1.00 bits per heavy atom. The maximum atomic E-state index is 11.8. The van der Waals surface area contributed by atoms with Gasteiger partial charge in [-0.25, -0.2) is 13.1 Å². The smallest absolute Gasteiger partial charge is 0.211 e. The normalized spacial score (nSPS) is 14.1. The Morgan fingerprint density at radius 2 is 1.67 bits per heavy atom. The molecule has 0 spiro atoms. The second kappa shape index (κ2) is 9.75. The first-order valence-corrected chi connectivity index (χ1v) is 8.67. The van der Waals surface area contributed by atoms with Crippen molar-refractivity contribution in [3.05, 3.63) is 0 Å². The lowest BCUT2D eigenvalue weighted by molar-refractivity contribution is 0.487. The van der Waals surface area contributed by atoms with Crippen molar-refractivity contribution < 1.29 is 8.42 Å². The molecule has 18 heavy (non-hydrogen) atoms. The third-order valence-corrected chi connectivity index (χ3v) is 4.48. The summed E-state index contributed by atoms with van der Waals surface area (Å²) in [6, 6.07) is 0.0538. The van der Waals surface area contributed by atoms with Gasteiger partial charge in [0, 0.05) is 6.04 Å². The molecular weight excluding hydrogens is 248 g/mol. The van der Waals surface area contributed by atoms with E-state index in [1.165, 1.54) is 0 Å². The van der Waals surface area contributed by atoms with Gasteiger partial charge in [-0.2, -0.15) is 0 Å². The van der Waals surface area contributed by atoms with E-state index in [4.69, 9.17) is 0 Å². The van der Waals surface area contributed by atoms with Gasteiger partial charge in [0.25, 0.3) is 0 Å². The highest BCUT2D eigenvalue weighted by atomic mass is 32.2. The van der Waals surface area contributed by atoms with Gasteiger partial charge in [-0.15, -0.1) is 0 Å². The standard InChI is InChI=1S/C13H30N2O2S/c1-12(2)8-7-9-13(3)15-18(16,17)11-6-5-10-14-4/h12-15H,5-11H2,1-4H3. The molecule has 0 bridgehead atoms. The number of hydrogen-bond donors (Lipinski definition) is 2. The summed E-state index contributed by atoms with van der Waals surface area (Å²) in [5, 5.41) is 3.02. The number of hydrogen-bond acceptors (Lipinski definition) is 3. The van der Waals surface area contributed by atoms with E-state index in [-0.39, 0.29) is 11.8 Å². The van der Waals surface area contributed by atoms with Crippen molar-refractivity contribution in [1.82, 2.24) is 10.0 Å². The highest BCUT2D eigenvalue weighted by Crippen LogP contribution is 2.09. The molecule has 0 heterocycles. The molecule has 0 aliphatic carbocycles. The maximum Gasteiger partial charge on any atom is 0.211 e. The van der Waals surface area contributed by atoms with Crippen molar-refractivity contribution in [2.75, 3.05) is 19.3 Å². The molecule has 1 unspecified atom stereocenters. The van der Waals surface area contributed by atoms with Gasteiger partial charge < -0.3 is 5.32 Å². The van der Waals surface area contributed by atoms with Crippen LogP contribution in [-0.4, -0.2) is 33.8 Å². The van der Waals surface area contributed by atoms with Crippen LogP contribution in [0.1, 0.15) is 52.9 Å². The zero-order valence-electron chi connectivity index (χ0n) is 12.3. The minimum atomic E-state index is -3.09. The monoisotopic (exact) mass is 278 g/mol. The fourth-order valence-electron chi connectivity index (χ4n) is 1.85. The fourth-order valence-corrected chi connectivity index (χ4v) is 3.28. The van der Waals surface area contributed by atoms with Crippen LogP contribution in [0.5, 0.6) is 0 Å². The molecule has 0 fully saturated rings. The van der Waals surface area contributed by atoms with Crippen molar-refractivity contribution in [2.24, 2.45) is 5.92 Å². The maximum absolute atomic E-state index is 11.8. The van der Waals surface area contributed by atoms with E-state index in [0.29, 0.717) is 5.92 Å². The van der Waals surface area contributed by atoms with Crippen LogP contribution >= 0.6 is 0 Å². The van der Waals surface area contributed by atoms with Crippen molar-refractivity contribution >= 4 is 10.0 Å². The van der Waals surface area contributed by atoms with Crippen molar-refractivity contribution in [1.29, 1.82) is 0 Å². The van der Waals surface area contributed by atoms with E-state index in [2.05, 4.69) is 23.9 Å². The van der Waals surface area contributed by atoms with Crippen LogP contribution in [0.3, 0.4) is 0 Å². The molecule has 0 radical (unpaired) electrons. The second-order valence-corrected chi connectivity index (χ2v) is 7.35. The van der Waals surface area contributed by atoms with Gasteiger partial charge in [-0.05, 0) is 45.7 Å². The Kier molecular flexibility index (Phi) is 9.68. The Hall–Kier alpha value is -0.130. The van der Waals surface area contributed by atoms with Gasteiger partial charge in [0.1, 0.15) is 0 Å². The third kappa shape index (κ3) is 11.0. The van der Waals surface area contributed by atoms with Crippen LogP contribution in [-0.2, 0) is 10.0 Å². The lowest BCUT2D eigenvalue weighted by atomic mass is 10.0. The minimum Gasteiger partial charge on any atom is -0.320 e. The van der Waals surface area contributed by atoms with E-state index < -0.39 is 10.0 Å². The second-order valence-electron chi connectivity index (χ2n) is 5.47. The number of unbranched alkanes of at least 4 members (excludes halogenated alkanes) is 1. The van der Waals surface area contributed by atoms with E-state index in [1.807, 2.05) is 14.0 Å². The van der Waals surface area contributed by atoms with Crippen LogP contribution < -0.4 is 10.0 Å². The summed E-state index contributed by atoms with van der Waals surface area (Å²) in [5.41, 5.74) is 0. The molecule has 0 aliphatic heterocycles. The van der Waals surface area contributed by atoms with Crippen LogP contribution in [0.25, 0.3) is 0 Å². The molecule has 1 atom stereocenters. The van der Waals surface area contributed by atoms with Gasteiger partial charge in [-0.3, -0.25) is 0 Å². The van der Waals surface area contributed by atoms with Gasteiger partial charge in [-0.1, -0.05) is 26.7 Å². The Morgan fingerprint density at radius 3 is 2.22 bits per heavy atom. The molecule has 5 heteroatoms. The Labute approximate surface area is 113 Å². The number of sulfonamides is 1. The van der Waals surface area contributed by atoms with Crippen LogP contribution in [0.15, 0.2) is 0 Å². The molecular formula is C13H30N2O2S. The van der Waals surface area contributed by atoms with E-state index in [1.54, 1.807) is 0 Å². The highest BCUT2D eigenvalue weighted by Gasteiger charge is 2.13. The van der Waals surface area contributed by atoms with Gasteiger partial charge in [0.2, 0.25) is 10.0 Å². The molecule has 0 aromatic heterocycles. The molecule has 0 aliphatic rings. The molecule has 0 amide bonds. The third-order valence-electron chi connectivity index (χ3n) is 2.89. The molecule has 110 valence electrons. The first kappa shape index (κ1) is 17.9. The van der Waals surface area contributed by atoms with Crippen molar-refractivity contribution in [3.8, 4) is 0 Å². The predicted molar refractivity (Wildman–Crippen MR) is 78.2 cm³/mol. The van der Waals surface area contributed by atoms with E-state index in [9.17, 15) is 8.42 Å². The van der Waals surface area contributed by atoms with Crippen molar-refractivity contribution in [3.63, 3.8) is 0 Å². The summed E-state index contributed by atoms with van der Waals surface area (Å²) in [4.78, 5) is 0. The summed E-state index contributed by atoms with van der Waals surface area (Å²) in [7, 11) is -1.21. The zero-order valence-corrected chi connectivity index (χ0v) is 13.1. The van der Waals surface area contributed by atoms with Crippen LogP contribution in [0.4, 0.5) is 0 Å². The zero-order chi connectivity index (χ0) is 14.0. The topological polar surface area (TPSA) is 58.2 Å². The van der Waals surface area contributed by atoms with E-state index >= 15 is 0 Å².